The summed E-state index contributed by atoms with van der Waals surface area (Å²) in [6.45, 7) is 1.97. The van der Waals surface area contributed by atoms with Crippen LogP contribution in [0.15, 0.2) is 24.3 Å². The van der Waals surface area contributed by atoms with Gasteiger partial charge in [0.1, 0.15) is 5.75 Å². The summed E-state index contributed by atoms with van der Waals surface area (Å²) in [5.41, 5.74) is 0.713. The van der Waals surface area contributed by atoms with Gasteiger partial charge in [0.25, 0.3) is 0 Å². The predicted octanol–water partition coefficient (Wildman–Crippen LogP) is 2.51. The zero-order chi connectivity index (χ0) is 10.6. The van der Waals surface area contributed by atoms with Crippen LogP contribution in [0.2, 0.25) is 0 Å². The Morgan fingerprint density at radius 3 is 2.79 bits per heavy atom. The summed E-state index contributed by atoms with van der Waals surface area (Å²) in [7, 11) is 0. The van der Waals surface area contributed by atoms with Crippen LogP contribution in [0.1, 0.15) is 29.3 Å². The lowest BCUT2D eigenvalue weighted by atomic mass is 10.1. The molecule has 0 amide bonds. The molecule has 3 heteroatoms. The molecule has 74 valence electrons. The van der Waals surface area contributed by atoms with E-state index < -0.39 is 5.97 Å². The van der Waals surface area contributed by atoms with Crippen molar-refractivity contribution in [1.82, 2.24) is 0 Å². The van der Waals surface area contributed by atoms with E-state index in [-0.39, 0.29) is 11.3 Å². The van der Waals surface area contributed by atoms with Crippen molar-refractivity contribution in [3.05, 3.63) is 35.4 Å². The van der Waals surface area contributed by atoms with Crippen LogP contribution >= 0.6 is 0 Å². The molecular formula is C11H12O3. The highest BCUT2D eigenvalue weighted by molar-refractivity contribution is 5.88. The zero-order valence-corrected chi connectivity index (χ0v) is 7.90. The summed E-state index contributed by atoms with van der Waals surface area (Å²) in [6.07, 6.45) is 4.42. The first-order chi connectivity index (χ1) is 6.65. The van der Waals surface area contributed by atoms with E-state index >= 15 is 0 Å². The molecular weight excluding hydrogens is 180 g/mol. The molecule has 0 bridgehead atoms. The van der Waals surface area contributed by atoms with E-state index in [1.54, 1.807) is 6.08 Å². The highest BCUT2D eigenvalue weighted by Crippen LogP contribution is 2.20. The number of phenols is 1. The summed E-state index contributed by atoms with van der Waals surface area (Å²) in [6, 6.07) is 4.21. The van der Waals surface area contributed by atoms with Crippen LogP contribution in [0, 0.1) is 0 Å². The van der Waals surface area contributed by atoms with Gasteiger partial charge in [0.15, 0.2) is 0 Å². The SMILES string of the molecule is CCC=Cc1cc(C(=O)O)ccc1O. The van der Waals surface area contributed by atoms with Crippen LogP contribution in [-0.2, 0) is 0 Å². The van der Waals surface area contributed by atoms with Gasteiger partial charge in [-0.1, -0.05) is 19.1 Å². The molecule has 0 atom stereocenters. The second-order valence-electron chi connectivity index (χ2n) is 2.89. The molecule has 14 heavy (non-hydrogen) atoms. The van der Waals surface area contributed by atoms with E-state index in [0.717, 1.165) is 6.42 Å². The molecule has 0 aliphatic carbocycles. The van der Waals surface area contributed by atoms with Gasteiger partial charge in [-0.3, -0.25) is 0 Å². The first-order valence-electron chi connectivity index (χ1n) is 4.38. The molecule has 0 unspecified atom stereocenters. The largest absolute Gasteiger partial charge is 0.507 e. The van der Waals surface area contributed by atoms with Gasteiger partial charge in [-0.15, -0.1) is 0 Å². The number of carbonyl (C=O) groups is 1. The fraction of sp³-hybridized carbons (Fsp3) is 0.182. The van der Waals surface area contributed by atoms with E-state index in [1.165, 1.54) is 18.2 Å². The van der Waals surface area contributed by atoms with E-state index in [4.69, 9.17) is 5.11 Å². The Balaban J connectivity index is 3.08. The minimum absolute atomic E-state index is 0.0969. The quantitative estimate of drug-likeness (QED) is 0.773. The average Bonchev–Trinajstić information content (AvgIpc) is 2.16. The Hall–Kier alpha value is -1.77. The molecule has 1 rings (SSSR count). The minimum Gasteiger partial charge on any atom is -0.507 e. The average molecular weight is 192 g/mol. The molecule has 1 aromatic rings. The number of carboxylic acids is 1. The molecule has 3 nitrogen and oxygen atoms in total. The van der Waals surface area contributed by atoms with Crippen LogP contribution < -0.4 is 0 Å². The third-order valence-corrected chi connectivity index (χ3v) is 1.81. The smallest absolute Gasteiger partial charge is 0.335 e. The zero-order valence-electron chi connectivity index (χ0n) is 7.90. The number of aromatic hydroxyl groups is 1. The summed E-state index contributed by atoms with van der Waals surface area (Å²) >= 11 is 0. The van der Waals surface area contributed by atoms with Crippen molar-refractivity contribution in [2.75, 3.05) is 0 Å². The summed E-state index contributed by atoms with van der Waals surface area (Å²) in [4.78, 5) is 10.6. The lowest BCUT2D eigenvalue weighted by molar-refractivity contribution is 0.0697. The molecule has 0 aliphatic rings. The fourth-order valence-electron chi connectivity index (χ4n) is 1.07. The molecule has 0 heterocycles. The molecule has 0 saturated heterocycles. The van der Waals surface area contributed by atoms with Crippen molar-refractivity contribution in [3.63, 3.8) is 0 Å². The van der Waals surface area contributed by atoms with Crippen molar-refractivity contribution < 1.29 is 15.0 Å². The number of hydrogen-bond acceptors (Lipinski definition) is 2. The van der Waals surface area contributed by atoms with Gasteiger partial charge < -0.3 is 10.2 Å². The van der Waals surface area contributed by atoms with Gasteiger partial charge >= 0.3 is 5.97 Å². The summed E-state index contributed by atoms with van der Waals surface area (Å²) < 4.78 is 0. The van der Waals surface area contributed by atoms with Gasteiger partial charge in [0, 0.05) is 5.56 Å². The van der Waals surface area contributed by atoms with E-state index in [1.807, 2.05) is 13.0 Å². The molecule has 0 saturated carbocycles. The number of aromatic carboxylic acids is 1. The number of rotatable bonds is 3. The number of allylic oxidation sites excluding steroid dienone is 1. The maximum atomic E-state index is 10.6. The van der Waals surface area contributed by atoms with Crippen molar-refractivity contribution in [2.45, 2.75) is 13.3 Å². The third-order valence-electron chi connectivity index (χ3n) is 1.81. The highest BCUT2D eigenvalue weighted by Gasteiger charge is 2.05. The second kappa shape index (κ2) is 4.46. The van der Waals surface area contributed by atoms with Gasteiger partial charge in [0.2, 0.25) is 0 Å². The Morgan fingerprint density at radius 2 is 2.21 bits per heavy atom. The van der Waals surface area contributed by atoms with Gasteiger partial charge in [-0.25, -0.2) is 4.79 Å². The van der Waals surface area contributed by atoms with Crippen molar-refractivity contribution in [1.29, 1.82) is 0 Å². The molecule has 1 aromatic carbocycles. The number of hydrogen-bond donors (Lipinski definition) is 2. The van der Waals surface area contributed by atoms with E-state index in [9.17, 15) is 9.90 Å². The molecule has 0 radical (unpaired) electrons. The predicted molar refractivity (Wildman–Crippen MR) is 54.4 cm³/mol. The lowest BCUT2D eigenvalue weighted by Crippen LogP contribution is -1.95. The molecule has 0 fully saturated rings. The lowest BCUT2D eigenvalue weighted by Gasteiger charge is -2.00. The highest BCUT2D eigenvalue weighted by atomic mass is 16.4. The van der Waals surface area contributed by atoms with E-state index in [2.05, 4.69) is 0 Å². The van der Waals surface area contributed by atoms with Crippen molar-refractivity contribution >= 4 is 12.0 Å². The Labute approximate surface area is 82.3 Å². The van der Waals surface area contributed by atoms with E-state index in [0.29, 0.717) is 5.56 Å². The topological polar surface area (TPSA) is 57.5 Å². The Morgan fingerprint density at radius 1 is 1.50 bits per heavy atom. The Bertz CT molecular complexity index is 367. The minimum atomic E-state index is -0.990. The van der Waals surface area contributed by atoms with Crippen LogP contribution in [0.5, 0.6) is 5.75 Å². The normalized spacial score (nSPS) is 10.6. The van der Waals surface area contributed by atoms with Crippen molar-refractivity contribution in [3.8, 4) is 5.75 Å². The van der Waals surface area contributed by atoms with Crippen molar-refractivity contribution in [2.24, 2.45) is 0 Å². The third kappa shape index (κ3) is 2.36. The number of phenolic OH excluding ortho intramolecular Hbond substituents is 1. The fourth-order valence-corrected chi connectivity index (χ4v) is 1.07. The first kappa shape index (κ1) is 10.3. The summed E-state index contributed by atoms with van der Waals surface area (Å²) in [5, 5.41) is 18.1. The number of benzene rings is 1. The summed E-state index contributed by atoms with van der Waals surface area (Å²) in [5.74, 6) is -0.893. The van der Waals surface area contributed by atoms with Gasteiger partial charge in [0.05, 0.1) is 5.56 Å². The second-order valence-corrected chi connectivity index (χ2v) is 2.89. The molecule has 0 aromatic heterocycles. The molecule has 2 N–H and O–H groups in total. The van der Waals surface area contributed by atoms with Gasteiger partial charge in [-0.2, -0.15) is 0 Å². The van der Waals surface area contributed by atoms with Crippen LogP contribution in [-0.4, -0.2) is 16.2 Å². The standard InChI is InChI=1S/C11H12O3/c1-2-3-4-8-7-9(11(13)14)5-6-10(8)12/h3-7,12H,2H2,1H3,(H,13,14). The number of carboxylic acid groups (broad SMARTS) is 1. The van der Waals surface area contributed by atoms with Gasteiger partial charge in [-0.05, 0) is 24.6 Å². The maximum Gasteiger partial charge on any atom is 0.335 e. The van der Waals surface area contributed by atoms with Crippen LogP contribution in [0.4, 0.5) is 0 Å². The Kier molecular flexibility index (Phi) is 3.29. The first-order valence-corrected chi connectivity index (χ1v) is 4.38. The molecule has 0 aliphatic heterocycles. The van der Waals surface area contributed by atoms with Crippen LogP contribution in [0.3, 0.4) is 0 Å². The van der Waals surface area contributed by atoms with Crippen LogP contribution in [0.25, 0.3) is 6.08 Å². The maximum absolute atomic E-state index is 10.6. The monoisotopic (exact) mass is 192 g/mol. The molecule has 0 spiro atoms.